The lowest BCUT2D eigenvalue weighted by molar-refractivity contribution is -0.137. The van der Waals surface area contributed by atoms with Gasteiger partial charge in [-0.05, 0) is 80.6 Å². The molecule has 0 saturated heterocycles. The predicted octanol–water partition coefficient (Wildman–Crippen LogP) is 7.91. The maximum atomic E-state index is 13.0. The van der Waals surface area contributed by atoms with Crippen molar-refractivity contribution in [1.82, 2.24) is 4.57 Å². The molecule has 0 saturated carbocycles. The number of aromatic carboxylic acids is 1. The molecule has 2 N–H and O–H groups in total. The molecule has 0 aliphatic carbocycles. The summed E-state index contributed by atoms with van der Waals surface area (Å²) in [5, 5.41) is 13.4. The Balaban J connectivity index is 1.85. The van der Waals surface area contributed by atoms with Crippen molar-refractivity contribution in [2.45, 2.75) is 46.9 Å². The zero-order valence-corrected chi connectivity index (χ0v) is 22.6. The molecule has 0 bridgehead atoms. The van der Waals surface area contributed by atoms with Crippen LogP contribution in [0.4, 0.5) is 18.9 Å². The Hall–Kier alpha value is -4.47. The lowest BCUT2D eigenvalue weighted by Crippen LogP contribution is -2.28. The van der Waals surface area contributed by atoms with Crippen LogP contribution in [0.5, 0.6) is 17.2 Å². The third-order valence-corrected chi connectivity index (χ3v) is 5.95. The standard InChI is InChI=1S/C30H29F3N2O5/c1-17(2)39-20-12-8-19(9-13-20)35-24-15-14-22(40-21-10-6-18(7-11-21)30(31,32)33)16-23(24)25(26(35)27(36)37)34-28(38)29(3,4)5/h6-17H,1-5H3,(H,34,38)(H,36,37). The minimum atomic E-state index is -4.48. The summed E-state index contributed by atoms with van der Waals surface area (Å²) < 4.78 is 51.8. The van der Waals surface area contributed by atoms with E-state index >= 15 is 0 Å². The Labute approximate surface area is 229 Å². The first-order valence-corrected chi connectivity index (χ1v) is 12.5. The number of carboxylic acid groups (broad SMARTS) is 1. The second-order valence-electron chi connectivity index (χ2n) is 10.5. The second-order valence-corrected chi connectivity index (χ2v) is 10.5. The fourth-order valence-electron chi connectivity index (χ4n) is 4.03. The van der Waals surface area contributed by atoms with Crippen LogP contribution < -0.4 is 14.8 Å². The van der Waals surface area contributed by atoms with Crippen LogP contribution in [0, 0.1) is 5.41 Å². The van der Waals surface area contributed by atoms with Gasteiger partial charge in [0, 0.05) is 16.5 Å². The molecule has 40 heavy (non-hydrogen) atoms. The molecule has 1 aromatic heterocycles. The molecule has 0 fully saturated rings. The van der Waals surface area contributed by atoms with Gasteiger partial charge >= 0.3 is 12.1 Å². The number of hydrogen-bond acceptors (Lipinski definition) is 4. The fourth-order valence-corrected chi connectivity index (χ4v) is 4.03. The first kappa shape index (κ1) is 28.5. The SMILES string of the molecule is CC(C)Oc1ccc(-n2c(C(=O)O)c(NC(=O)C(C)(C)C)c3cc(Oc4ccc(C(F)(F)F)cc4)ccc32)cc1. The van der Waals surface area contributed by atoms with Gasteiger partial charge in [0.2, 0.25) is 5.91 Å². The van der Waals surface area contributed by atoms with Crippen LogP contribution >= 0.6 is 0 Å². The summed E-state index contributed by atoms with van der Waals surface area (Å²) in [5.74, 6) is -0.656. The number of carbonyl (C=O) groups excluding carboxylic acids is 1. The molecule has 4 rings (SSSR count). The minimum absolute atomic E-state index is 0.0462. The smallest absolute Gasteiger partial charge is 0.416 e. The molecule has 0 radical (unpaired) electrons. The van der Waals surface area contributed by atoms with Crippen molar-refractivity contribution in [2.75, 3.05) is 5.32 Å². The molecule has 4 aromatic rings. The number of carboxylic acids is 1. The van der Waals surface area contributed by atoms with Gasteiger partial charge in [0.15, 0.2) is 5.69 Å². The molecule has 0 aliphatic heterocycles. The summed E-state index contributed by atoms with van der Waals surface area (Å²) in [4.78, 5) is 25.6. The van der Waals surface area contributed by atoms with Crippen LogP contribution in [0.15, 0.2) is 66.7 Å². The molecular formula is C30H29F3N2O5. The first-order chi connectivity index (χ1) is 18.6. The number of benzene rings is 3. The van der Waals surface area contributed by atoms with E-state index in [1.807, 2.05) is 13.8 Å². The van der Waals surface area contributed by atoms with E-state index in [9.17, 15) is 27.9 Å². The zero-order chi connectivity index (χ0) is 29.4. The van der Waals surface area contributed by atoms with E-state index in [4.69, 9.17) is 9.47 Å². The predicted molar refractivity (Wildman–Crippen MR) is 146 cm³/mol. The minimum Gasteiger partial charge on any atom is -0.491 e. The van der Waals surface area contributed by atoms with Crippen molar-refractivity contribution in [3.05, 3.63) is 78.0 Å². The number of fused-ring (bicyclic) bond motifs is 1. The van der Waals surface area contributed by atoms with Crippen molar-refractivity contribution in [2.24, 2.45) is 5.41 Å². The van der Waals surface area contributed by atoms with E-state index in [-0.39, 0.29) is 29.0 Å². The molecule has 3 aromatic carbocycles. The van der Waals surface area contributed by atoms with Gasteiger partial charge in [0.1, 0.15) is 17.2 Å². The van der Waals surface area contributed by atoms with Crippen LogP contribution in [0.2, 0.25) is 0 Å². The highest BCUT2D eigenvalue weighted by atomic mass is 19.4. The quantitative estimate of drug-likeness (QED) is 0.242. The van der Waals surface area contributed by atoms with Crippen LogP contribution in [0.25, 0.3) is 16.6 Å². The molecule has 0 aliphatic rings. The molecule has 210 valence electrons. The number of alkyl halides is 3. The summed E-state index contributed by atoms with van der Waals surface area (Å²) in [6.45, 7) is 8.90. The number of anilines is 1. The number of halogens is 3. The Bertz CT molecular complexity index is 1550. The second kappa shape index (κ2) is 10.6. The molecule has 1 heterocycles. The average Bonchev–Trinajstić information content (AvgIpc) is 3.17. The number of nitrogens with zero attached hydrogens (tertiary/aromatic N) is 1. The van der Waals surface area contributed by atoms with Gasteiger partial charge in [-0.15, -0.1) is 0 Å². The van der Waals surface area contributed by atoms with Crippen LogP contribution in [0.3, 0.4) is 0 Å². The van der Waals surface area contributed by atoms with E-state index in [1.54, 1.807) is 63.2 Å². The fraction of sp³-hybridized carbons (Fsp3) is 0.267. The highest BCUT2D eigenvalue weighted by molar-refractivity contribution is 6.12. The maximum absolute atomic E-state index is 13.0. The van der Waals surface area contributed by atoms with Gasteiger partial charge < -0.3 is 24.5 Å². The van der Waals surface area contributed by atoms with Gasteiger partial charge in [0.25, 0.3) is 0 Å². The highest BCUT2D eigenvalue weighted by Crippen LogP contribution is 2.39. The van der Waals surface area contributed by atoms with Crippen molar-refractivity contribution in [3.8, 4) is 22.9 Å². The normalized spacial score (nSPS) is 12.0. The van der Waals surface area contributed by atoms with E-state index in [0.717, 1.165) is 12.1 Å². The molecule has 0 spiro atoms. The molecule has 7 nitrogen and oxygen atoms in total. The molecule has 0 atom stereocenters. The first-order valence-electron chi connectivity index (χ1n) is 12.5. The summed E-state index contributed by atoms with van der Waals surface area (Å²) in [7, 11) is 0. The summed E-state index contributed by atoms with van der Waals surface area (Å²) >= 11 is 0. The summed E-state index contributed by atoms with van der Waals surface area (Å²) in [6, 6.07) is 15.9. The molecule has 10 heteroatoms. The molecule has 0 unspecified atom stereocenters. The van der Waals surface area contributed by atoms with E-state index in [1.165, 1.54) is 16.7 Å². The van der Waals surface area contributed by atoms with Crippen molar-refractivity contribution in [1.29, 1.82) is 0 Å². The van der Waals surface area contributed by atoms with Crippen molar-refractivity contribution in [3.63, 3.8) is 0 Å². The Morgan fingerprint density at radius 2 is 1.45 bits per heavy atom. The van der Waals surface area contributed by atoms with Gasteiger partial charge in [-0.2, -0.15) is 13.2 Å². The molecule has 1 amide bonds. The largest absolute Gasteiger partial charge is 0.491 e. The van der Waals surface area contributed by atoms with E-state index in [0.29, 0.717) is 22.3 Å². The van der Waals surface area contributed by atoms with E-state index < -0.39 is 29.0 Å². The van der Waals surface area contributed by atoms with Gasteiger partial charge in [-0.3, -0.25) is 4.79 Å². The Morgan fingerprint density at radius 3 is 1.98 bits per heavy atom. The van der Waals surface area contributed by atoms with Crippen LogP contribution in [-0.2, 0) is 11.0 Å². The van der Waals surface area contributed by atoms with Gasteiger partial charge in [-0.1, -0.05) is 20.8 Å². The number of aromatic nitrogens is 1. The summed E-state index contributed by atoms with van der Waals surface area (Å²) in [6.07, 6.45) is -4.53. The lowest BCUT2D eigenvalue weighted by atomic mass is 9.95. The number of hydrogen-bond donors (Lipinski definition) is 2. The third kappa shape index (κ3) is 6.06. The van der Waals surface area contributed by atoms with Crippen molar-refractivity contribution >= 4 is 28.5 Å². The molecular weight excluding hydrogens is 525 g/mol. The average molecular weight is 555 g/mol. The number of amides is 1. The monoisotopic (exact) mass is 554 g/mol. The van der Waals surface area contributed by atoms with Crippen LogP contribution in [0.1, 0.15) is 50.7 Å². The Kier molecular flexibility index (Phi) is 7.56. The zero-order valence-electron chi connectivity index (χ0n) is 22.6. The number of carbonyl (C=O) groups is 2. The van der Waals surface area contributed by atoms with Crippen molar-refractivity contribution < 1.29 is 37.3 Å². The summed E-state index contributed by atoms with van der Waals surface area (Å²) in [5.41, 5.74) is -0.742. The van der Waals surface area contributed by atoms with Crippen LogP contribution in [-0.4, -0.2) is 27.7 Å². The highest BCUT2D eigenvalue weighted by Gasteiger charge is 2.31. The van der Waals surface area contributed by atoms with Gasteiger partial charge in [-0.25, -0.2) is 4.79 Å². The van der Waals surface area contributed by atoms with Gasteiger partial charge in [0.05, 0.1) is 22.9 Å². The Morgan fingerprint density at radius 1 is 0.875 bits per heavy atom. The number of nitrogens with one attached hydrogen (secondary N) is 1. The maximum Gasteiger partial charge on any atom is 0.416 e. The number of rotatable bonds is 7. The number of ether oxygens (including phenoxy) is 2. The lowest BCUT2D eigenvalue weighted by Gasteiger charge is -2.18. The van der Waals surface area contributed by atoms with E-state index in [2.05, 4.69) is 5.32 Å². The topological polar surface area (TPSA) is 89.8 Å². The third-order valence-electron chi connectivity index (χ3n) is 5.95.